The second kappa shape index (κ2) is 4.39. The predicted octanol–water partition coefficient (Wildman–Crippen LogP) is 0.799. The van der Waals surface area contributed by atoms with Crippen molar-refractivity contribution >= 4 is 5.97 Å². The molecule has 5 nitrogen and oxygen atoms in total. The highest BCUT2D eigenvalue weighted by Crippen LogP contribution is 2.17. The second-order valence-corrected chi connectivity index (χ2v) is 2.64. The predicted molar refractivity (Wildman–Crippen MR) is 40.7 cm³/mol. The highest BCUT2D eigenvalue weighted by molar-refractivity contribution is 5.79. The van der Waals surface area contributed by atoms with Crippen molar-refractivity contribution < 1.29 is 19.9 Å². The minimum absolute atomic E-state index is 0.106. The highest BCUT2D eigenvalue weighted by atomic mass is 16.8. The fourth-order valence-corrected chi connectivity index (χ4v) is 0.654. The first kappa shape index (κ1) is 11.4. The Labute approximate surface area is 71.5 Å². The van der Waals surface area contributed by atoms with E-state index in [9.17, 15) is 4.79 Å². The van der Waals surface area contributed by atoms with Crippen molar-refractivity contribution in [1.29, 1.82) is 0 Å². The number of nitrogens with zero attached hydrogens (tertiary/aromatic N) is 1. The van der Waals surface area contributed by atoms with Crippen LogP contribution in [0.15, 0.2) is 0 Å². The van der Waals surface area contributed by atoms with E-state index in [0.29, 0.717) is 0 Å². The molecule has 0 radical (unpaired) electrons. The summed E-state index contributed by atoms with van der Waals surface area (Å²) in [5.74, 6) is -0.641. The van der Waals surface area contributed by atoms with Crippen LogP contribution in [0.4, 0.5) is 0 Å². The molecule has 0 amide bonds. The van der Waals surface area contributed by atoms with Gasteiger partial charge in [0, 0.05) is 0 Å². The average molecular weight is 177 g/mol. The third-order valence-electron chi connectivity index (χ3n) is 1.85. The van der Waals surface area contributed by atoms with Crippen LogP contribution in [0, 0.1) is 0 Å². The van der Waals surface area contributed by atoms with Gasteiger partial charge in [-0.05, 0) is 20.3 Å². The molecule has 0 spiro atoms. The Bertz CT molecular complexity index is 159. The number of carbonyl (C=O) groups excluding carboxylic acids is 1. The number of hydrogen-bond donors (Lipinski definition) is 2. The fourth-order valence-electron chi connectivity index (χ4n) is 0.654. The maximum Gasteiger partial charge on any atom is 0.331 e. The third-order valence-corrected chi connectivity index (χ3v) is 1.85. The molecule has 5 heteroatoms. The van der Waals surface area contributed by atoms with Crippen molar-refractivity contribution in [2.24, 2.45) is 0 Å². The number of carbonyl (C=O) groups is 1. The Morgan fingerprint density at radius 2 is 2.00 bits per heavy atom. The van der Waals surface area contributed by atoms with Crippen LogP contribution in [0.5, 0.6) is 0 Å². The molecular formula is C7H15NO4. The Morgan fingerprint density at radius 3 is 2.25 bits per heavy atom. The molecule has 2 N–H and O–H groups in total. The number of hydroxylamine groups is 2. The summed E-state index contributed by atoms with van der Waals surface area (Å²) in [6.07, 6.45) is 0.263. The van der Waals surface area contributed by atoms with E-state index in [1.165, 1.54) is 6.92 Å². The van der Waals surface area contributed by atoms with E-state index in [1.54, 1.807) is 13.8 Å². The van der Waals surface area contributed by atoms with Gasteiger partial charge in [0.15, 0.2) is 5.54 Å². The number of ether oxygens (including phenoxy) is 1. The summed E-state index contributed by atoms with van der Waals surface area (Å²) in [6, 6.07) is 0. The van der Waals surface area contributed by atoms with Crippen LogP contribution in [0.2, 0.25) is 0 Å². The molecule has 0 fully saturated rings. The molecule has 0 aromatic heterocycles. The average Bonchev–Trinajstić information content (AvgIpc) is 2.03. The van der Waals surface area contributed by atoms with E-state index in [1.807, 2.05) is 0 Å². The van der Waals surface area contributed by atoms with E-state index < -0.39 is 11.5 Å². The molecule has 0 aromatic carbocycles. The molecule has 0 aliphatic rings. The van der Waals surface area contributed by atoms with Gasteiger partial charge in [0.25, 0.3) is 0 Å². The zero-order chi connectivity index (χ0) is 9.78. The van der Waals surface area contributed by atoms with E-state index in [4.69, 9.17) is 10.4 Å². The summed E-state index contributed by atoms with van der Waals surface area (Å²) in [5, 5.41) is 17.4. The van der Waals surface area contributed by atoms with E-state index in [2.05, 4.69) is 4.74 Å². The zero-order valence-electron chi connectivity index (χ0n) is 7.57. The van der Waals surface area contributed by atoms with Crippen molar-refractivity contribution in [3.8, 4) is 0 Å². The van der Waals surface area contributed by atoms with Gasteiger partial charge in [-0.15, -0.1) is 0 Å². The highest BCUT2D eigenvalue weighted by Gasteiger charge is 2.38. The van der Waals surface area contributed by atoms with Gasteiger partial charge in [-0.25, -0.2) is 4.79 Å². The van der Waals surface area contributed by atoms with Crippen LogP contribution in [0.3, 0.4) is 0 Å². The molecule has 1 unspecified atom stereocenters. The molecule has 0 aliphatic heterocycles. The smallest absolute Gasteiger partial charge is 0.331 e. The summed E-state index contributed by atoms with van der Waals surface area (Å²) in [6.45, 7) is 4.94. The molecule has 0 aromatic rings. The van der Waals surface area contributed by atoms with E-state index in [0.717, 1.165) is 0 Å². The summed E-state index contributed by atoms with van der Waals surface area (Å²) in [7, 11) is 0. The summed E-state index contributed by atoms with van der Waals surface area (Å²) in [4.78, 5) is 11.2. The molecule has 0 saturated carbocycles. The molecule has 0 rings (SSSR count). The minimum Gasteiger partial charge on any atom is -0.464 e. The molecule has 0 bridgehead atoms. The molecule has 72 valence electrons. The molecule has 0 aliphatic carbocycles. The van der Waals surface area contributed by atoms with Gasteiger partial charge >= 0.3 is 5.97 Å². The van der Waals surface area contributed by atoms with Crippen LogP contribution in [-0.4, -0.2) is 33.8 Å². The second-order valence-electron chi connectivity index (χ2n) is 2.64. The molecule has 0 heterocycles. The maximum absolute atomic E-state index is 11.2. The lowest BCUT2D eigenvalue weighted by Gasteiger charge is -2.28. The van der Waals surface area contributed by atoms with Gasteiger partial charge in [0.05, 0.1) is 6.61 Å². The van der Waals surface area contributed by atoms with Gasteiger partial charge in [-0.1, -0.05) is 12.2 Å². The van der Waals surface area contributed by atoms with Crippen molar-refractivity contribution in [2.75, 3.05) is 6.61 Å². The van der Waals surface area contributed by atoms with Crippen LogP contribution in [0.1, 0.15) is 27.2 Å². The van der Waals surface area contributed by atoms with Crippen molar-refractivity contribution in [2.45, 2.75) is 32.7 Å². The van der Waals surface area contributed by atoms with Crippen molar-refractivity contribution in [3.63, 3.8) is 0 Å². The van der Waals surface area contributed by atoms with E-state index >= 15 is 0 Å². The van der Waals surface area contributed by atoms with Gasteiger partial charge in [0.1, 0.15) is 0 Å². The number of hydrogen-bond acceptors (Lipinski definition) is 5. The molecule has 0 saturated heterocycles. The monoisotopic (exact) mass is 177 g/mol. The summed E-state index contributed by atoms with van der Waals surface area (Å²) >= 11 is 0. The minimum atomic E-state index is -1.37. The fraction of sp³-hybridized carbons (Fsp3) is 0.857. The zero-order valence-corrected chi connectivity index (χ0v) is 7.57. The Hall–Kier alpha value is -0.650. The Kier molecular flexibility index (Phi) is 4.16. The topological polar surface area (TPSA) is 70.0 Å². The first-order valence-corrected chi connectivity index (χ1v) is 3.84. The van der Waals surface area contributed by atoms with Gasteiger partial charge in [-0.3, -0.25) is 10.4 Å². The number of esters is 1. The maximum atomic E-state index is 11.2. The normalized spacial score (nSPS) is 15.8. The summed E-state index contributed by atoms with van der Waals surface area (Å²) < 4.78 is 4.66. The standard InChI is InChI=1S/C7H15NO4/c1-4-7(3,8(10)11)6(9)12-5-2/h10-11H,4-5H2,1-3H3. The van der Waals surface area contributed by atoms with Gasteiger partial charge in [0.2, 0.25) is 0 Å². The van der Waals surface area contributed by atoms with Gasteiger partial charge < -0.3 is 4.74 Å². The molecule has 1 atom stereocenters. The van der Waals surface area contributed by atoms with Crippen LogP contribution >= 0.6 is 0 Å². The Balaban J connectivity index is 4.40. The third kappa shape index (κ3) is 2.17. The Morgan fingerprint density at radius 1 is 1.50 bits per heavy atom. The largest absolute Gasteiger partial charge is 0.464 e. The quantitative estimate of drug-likeness (QED) is 0.491. The van der Waals surface area contributed by atoms with Crippen LogP contribution in [-0.2, 0) is 9.53 Å². The van der Waals surface area contributed by atoms with Crippen molar-refractivity contribution in [3.05, 3.63) is 0 Å². The first-order valence-electron chi connectivity index (χ1n) is 3.84. The molecule has 12 heavy (non-hydrogen) atoms. The lowest BCUT2D eigenvalue weighted by Crippen LogP contribution is -2.49. The summed E-state index contributed by atoms with van der Waals surface area (Å²) in [5.41, 5.74) is -1.37. The van der Waals surface area contributed by atoms with Crippen LogP contribution < -0.4 is 0 Å². The van der Waals surface area contributed by atoms with Crippen LogP contribution in [0.25, 0.3) is 0 Å². The van der Waals surface area contributed by atoms with Gasteiger partial charge in [-0.2, -0.15) is 0 Å². The lowest BCUT2D eigenvalue weighted by atomic mass is 10.0. The van der Waals surface area contributed by atoms with E-state index in [-0.39, 0.29) is 18.3 Å². The lowest BCUT2D eigenvalue weighted by molar-refractivity contribution is -0.354. The molecular weight excluding hydrogens is 162 g/mol. The first-order chi connectivity index (χ1) is 5.49. The number of rotatable bonds is 4. The van der Waals surface area contributed by atoms with Crippen molar-refractivity contribution in [1.82, 2.24) is 5.23 Å². The SMILES string of the molecule is CCOC(=O)C(C)(CC)N(O)O.